The first kappa shape index (κ1) is 15.2. The van der Waals surface area contributed by atoms with Crippen LogP contribution >= 0.6 is 0 Å². The number of hydrogen-bond acceptors (Lipinski definition) is 4. The van der Waals surface area contributed by atoms with E-state index in [-0.39, 0.29) is 5.75 Å². The number of phenols is 1. The number of benzene rings is 2. The normalized spacial score (nSPS) is 10.9. The van der Waals surface area contributed by atoms with E-state index >= 15 is 0 Å². The van der Waals surface area contributed by atoms with Gasteiger partial charge < -0.3 is 15.0 Å². The number of nitrogens with one attached hydrogen (secondary N) is 1. The monoisotopic (exact) mass is 330 g/mol. The summed E-state index contributed by atoms with van der Waals surface area (Å²) in [6, 6.07) is 17.1. The Morgan fingerprint density at radius 2 is 1.84 bits per heavy atom. The number of fused-ring (bicyclic) bond motifs is 1. The lowest BCUT2D eigenvalue weighted by Gasteiger charge is -2.06. The highest BCUT2D eigenvalue weighted by Gasteiger charge is 2.11. The van der Waals surface area contributed by atoms with Gasteiger partial charge in [0.1, 0.15) is 5.75 Å². The van der Waals surface area contributed by atoms with Crippen LogP contribution in [0.1, 0.15) is 6.92 Å². The van der Waals surface area contributed by atoms with E-state index in [1.165, 1.54) is 10.9 Å². The van der Waals surface area contributed by atoms with Crippen molar-refractivity contribution in [3.05, 3.63) is 67.0 Å². The quantitative estimate of drug-likeness (QED) is 0.538. The molecule has 5 nitrogen and oxygen atoms in total. The smallest absolute Gasteiger partial charge is 0.227 e. The first-order chi connectivity index (χ1) is 12.2. The fourth-order valence-corrected chi connectivity index (χ4v) is 2.96. The predicted octanol–water partition coefficient (Wildman–Crippen LogP) is 4.57. The van der Waals surface area contributed by atoms with Gasteiger partial charge in [-0.15, -0.1) is 0 Å². The number of aryl methyl sites for hydroxylation is 1. The van der Waals surface area contributed by atoms with Crippen molar-refractivity contribution in [3.8, 4) is 17.0 Å². The third kappa shape index (κ3) is 2.92. The molecule has 124 valence electrons. The Morgan fingerprint density at radius 3 is 2.64 bits per heavy atom. The minimum atomic E-state index is 0.229. The van der Waals surface area contributed by atoms with Crippen LogP contribution in [0, 0.1) is 0 Å². The molecule has 0 unspecified atom stereocenters. The summed E-state index contributed by atoms with van der Waals surface area (Å²) in [7, 11) is 0. The van der Waals surface area contributed by atoms with Crippen molar-refractivity contribution in [3.63, 3.8) is 0 Å². The highest BCUT2D eigenvalue weighted by molar-refractivity contribution is 5.95. The van der Waals surface area contributed by atoms with Crippen LogP contribution in [0.15, 0.2) is 67.0 Å². The highest BCUT2D eigenvalue weighted by Crippen LogP contribution is 2.30. The molecule has 2 N–H and O–H groups in total. The van der Waals surface area contributed by atoms with Crippen LogP contribution in [-0.4, -0.2) is 19.6 Å². The molecule has 0 aliphatic carbocycles. The van der Waals surface area contributed by atoms with Gasteiger partial charge in [-0.2, -0.15) is 0 Å². The third-order valence-electron chi connectivity index (χ3n) is 4.18. The molecule has 0 amide bonds. The topological polar surface area (TPSA) is 63.0 Å². The van der Waals surface area contributed by atoms with E-state index in [1.54, 1.807) is 30.5 Å². The minimum Gasteiger partial charge on any atom is -0.508 e. The Labute approximate surface area is 145 Å². The van der Waals surface area contributed by atoms with Crippen molar-refractivity contribution < 1.29 is 5.11 Å². The van der Waals surface area contributed by atoms with E-state index < -0.39 is 0 Å². The maximum Gasteiger partial charge on any atom is 0.227 e. The summed E-state index contributed by atoms with van der Waals surface area (Å²) >= 11 is 0. The Morgan fingerprint density at radius 1 is 1.04 bits per heavy atom. The number of rotatable bonds is 4. The molecule has 5 heteroatoms. The molecule has 4 rings (SSSR count). The number of para-hydroxylation sites is 1. The zero-order chi connectivity index (χ0) is 17.2. The highest BCUT2D eigenvalue weighted by atomic mass is 16.3. The SMILES string of the molecule is CCn1cc(-c2ccnc(Nc3ccc(O)cc3)n2)c2ccccc21. The molecule has 0 atom stereocenters. The van der Waals surface area contributed by atoms with Crippen LogP contribution in [0.2, 0.25) is 0 Å². The first-order valence-corrected chi connectivity index (χ1v) is 8.22. The van der Waals surface area contributed by atoms with Gasteiger partial charge in [0.05, 0.1) is 5.69 Å². The molecule has 0 spiro atoms. The summed E-state index contributed by atoms with van der Waals surface area (Å²) in [6.07, 6.45) is 3.89. The Balaban J connectivity index is 1.73. The number of aromatic hydroxyl groups is 1. The number of anilines is 2. The minimum absolute atomic E-state index is 0.229. The third-order valence-corrected chi connectivity index (χ3v) is 4.18. The summed E-state index contributed by atoms with van der Waals surface area (Å²) in [4.78, 5) is 8.96. The first-order valence-electron chi connectivity index (χ1n) is 8.22. The van der Waals surface area contributed by atoms with Crippen molar-refractivity contribution in [2.75, 3.05) is 5.32 Å². The van der Waals surface area contributed by atoms with E-state index in [9.17, 15) is 5.11 Å². The number of aromatic nitrogens is 3. The zero-order valence-corrected chi connectivity index (χ0v) is 13.8. The van der Waals surface area contributed by atoms with Crippen molar-refractivity contribution >= 4 is 22.5 Å². The second-order valence-electron chi connectivity index (χ2n) is 5.78. The second kappa shape index (κ2) is 6.28. The molecule has 25 heavy (non-hydrogen) atoms. The van der Waals surface area contributed by atoms with Gasteiger partial charge in [-0.1, -0.05) is 18.2 Å². The van der Waals surface area contributed by atoms with Gasteiger partial charge in [-0.25, -0.2) is 9.97 Å². The lowest BCUT2D eigenvalue weighted by molar-refractivity contribution is 0.475. The Hall–Kier alpha value is -3.34. The molecular formula is C20H18N4O. The van der Waals surface area contributed by atoms with Gasteiger partial charge in [0.2, 0.25) is 5.95 Å². The molecule has 0 bridgehead atoms. The number of nitrogens with zero attached hydrogens (tertiary/aromatic N) is 3. The van der Waals surface area contributed by atoms with Crippen LogP contribution < -0.4 is 5.32 Å². The van der Waals surface area contributed by atoms with E-state index in [2.05, 4.69) is 51.2 Å². The lowest BCUT2D eigenvalue weighted by atomic mass is 10.1. The van der Waals surface area contributed by atoms with E-state index in [0.29, 0.717) is 5.95 Å². The van der Waals surface area contributed by atoms with Crippen LogP contribution in [0.25, 0.3) is 22.2 Å². The largest absolute Gasteiger partial charge is 0.508 e. The van der Waals surface area contributed by atoms with Crippen molar-refractivity contribution in [1.82, 2.24) is 14.5 Å². The fourth-order valence-electron chi connectivity index (χ4n) is 2.96. The molecule has 0 fully saturated rings. The number of phenolic OH excluding ortho intramolecular Hbond substituents is 1. The lowest BCUT2D eigenvalue weighted by Crippen LogP contribution is -1.97. The van der Waals surface area contributed by atoms with Crippen LogP contribution in [0.5, 0.6) is 5.75 Å². The maximum atomic E-state index is 9.38. The Bertz CT molecular complexity index is 1020. The van der Waals surface area contributed by atoms with E-state index in [1.807, 2.05) is 12.1 Å². The molecule has 0 aliphatic rings. The van der Waals surface area contributed by atoms with Crippen LogP contribution in [0.4, 0.5) is 11.6 Å². The Kier molecular flexibility index (Phi) is 3.82. The van der Waals surface area contributed by atoms with Crippen LogP contribution in [0.3, 0.4) is 0 Å². The average Bonchev–Trinajstić information content (AvgIpc) is 3.03. The summed E-state index contributed by atoms with van der Waals surface area (Å²) in [5.41, 5.74) is 3.99. The molecule has 2 aromatic heterocycles. The van der Waals surface area contributed by atoms with Gasteiger partial charge in [-0.05, 0) is 43.3 Å². The predicted molar refractivity (Wildman–Crippen MR) is 100 cm³/mol. The molecule has 2 aromatic carbocycles. The van der Waals surface area contributed by atoms with Gasteiger partial charge in [0.15, 0.2) is 0 Å². The van der Waals surface area contributed by atoms with E-state index in [4.69, 9.17) is 0 Å². The standard InChI is InChI=1S/C20H18N4O/c1-2-24-13-17(16-5-3-4-6-19(16)24)18-11-12-21-20(23-18)22-14-7-9-15(25)10-8-14/h3-13,25H,2H2,1H3,(H,21,22,23). The molecular weight excluding hydrogens is 312 g/mol. The van der Waals surface area contributed by atoms with Crippen LogP contribution in [-0.2, 0) is 6.54 Å². The molecule has 2 heterocycles. The van der Waals surface area contributed by atoms with Crippen molar-refractivity contribution in [1.29, 1.82) is 0 Å². The number of hydrogen-bond donors (Lipinski definition) is 2. The molecule has 4 aromatic rings. The summed E-state index contributed by atoms with van der Waals surface area (Å²) in [6.45, 7) is 3.04. The van der Waals surface area contributed by atoms with E-state index in [0.717, 1.165) is 23.5 Å². The molecule has 0 aliphatic heterocycles. The van der Waals surface area contributed by atoms with Crippen molar-refractivity contribution in [2.45, 2.75) is 13.5 Å². The average molecular weight is 330 g/mol. The molecule has 0 saturated heterocycles. The summed E-state index contributed by atoms with van der Waals surface area (Å²) < 4.78 is 2.22. The summed E-state index contributed by atoms with van der Waals surface area (Å²) in [5, 5.41) is 13.7. The molecule has 0 radical (unpaired) electrons. The second-order valence-corrected chi connectivity index (χ2v) is 5.78. The zero-order valence-electron chi connectivity index (χ0n) is 13.8. The van der Waals surface area contributed by atoms with Gasteiger partial charge in [-0.3, -0.25) is 0 Å². The molecule has 0 saturated carbocycles. The fraction of sp³-hybridized carbons (Fsp3) is 0.100. The van der Waals surface area contributed by atoms with Gasteiger partial charge in [0, 0.05) is 41.1 Å². The summed E-state index contributed by atoms with van der Waals surface area (Å²) in [5.74, 6) is 0.754. The van der Waals surface area contributed by atoms with Gasteiger partial charge in [0.25, 0.3) is 0 Å². The van der Waals surface area contributed by atoms with Gasteiger partial charge >= 0.3 is 0 Å². The van der Waals surface area contributed by atoms with Crippen molar-refractivity contribution in [2.24, 2.45) is 0 Å². The maximum absolute atomic E-state index is 9.38.